The van der Waals surface area contributed by atoms with Crippen LogP contribution in [-0.4, -0.2) is 17.1 Å². The minimum absolute atomic E-state index is 0.0112. The fourth-order valence-electron chi connectivity index (χ4n) is 3.60. The van der Waals surface area contributed by atoms with Gasteiger partial charge in [-0.15, -0.1) is 0 Å². The zero-order valence-electron chi connectivity index (χ0n) is 17.1. The second kappa shape index (κ2) is 8.44. The highest BCUT2D eigenvalue weighted by Crippen LogP contribution is 2.40. The molecule has 0 amide bonds. The van der Waals surface area contributed by atoms with Gasteiger partial charge < -0.3 is 10.5 Å². The lowest BCUT2D eigenvalue weighted by Crippen LogP contribution is -2.35. The standard InChI is InChI=1S/C23H24ClF3N2O/c1-14(12-22(2,3)28)13-30-21-7-4-15(10-19(21)23(25,26)27)17-8-9-29-20-6-5-16(24)11-18(17)20/h4-11,14H,12-13,28H2,1-3H3. The Hall–Kier alpha value is -2.31. The molecule has 0 aliphatic carbocycles. The van der Waals surface area contributed by atoms with E-state index >= 15 is 0 Å². The maximum absolute atomic E-state index is 13.8. The van der Waals surface area contributed by atoms with Crippen LogP contribution in [-0.2, 0) is 6.18 Å². The molecule has 0 saturated heterocycles. The van der Waals surface area contributed by atoms with Crippen LogP contribution in [0.3, 0.4) is 0 Å². The highest BCUT2D eigenvalue weighted by atomic mass is 35.5. The van der Waals surface area contributed by atoms with Crippen molar-refractivity contribution in [2.45, 2.75) is 38.9 Å². The number of rotatable bonds is 6. The van der Waals surface area contributed by atoms with Gasteiger partial charge in [0.1, 0.15) is 5.75 Å². The van der Waals surface area contributed by atoms with Crippen molar-refractivity contribution in [3.63, 3.8) is 0 Å². The smallest absolute Gasteiger partial charge is 0.419 e. The van der Waals surface area contributed by atoms with E-state index in [9.17, 15) is 13.2 Å². The van der Waals surface area contributed by atoms with E-state index in [0.717, 1.165) is 6.07 Å². The summed E-state index contributed by atoms with van der Waals surface area (Å²) < 4.78 is 46.9. The molecular weight excluding hydrogens is 413 g/mol. The number of benzene rings is 2. The van der Waals surface area contributed by atoms with Crippen LogP contribution in [0.4, 0.5) is 13.2 Å². The zero-order valence-corrected chi connectivity index (χ0v) is 17.8. The number of fused-ring (bicyclic) bond motifs is 1. The molecule has 7 heteroatoms. The monoisotopic (exact) mass is 436 g/mol. The van der Waals surface area contributed by atoms with Crippen molar-refractivity contribution in [2.75, 3.05) is 6.61 Å². The number of alkyl halides is 3. The highest BCUT2D eigenvalue weighted by molar-refractivity contribution is 6.31. The van der Waals surface area contributed by atoms with E-state index in [1.165, 1.54) is 6.07 Å². The summed E-state index contributed by atoms with van der Waals surface area (Å²) in [4.78, 5) is 4.26. The third kappa shape index (κ3) is 5.43. The predicted octanol–water partition coefficient (Wildman–Crippen LogP) is 6.72. The molecule has 0 aliphatic rings. The maximum Gasteiger partial charge on any atom is 0.419 e. The average molecular weight is 437 g/mol. The number of halogens is 4. The number of ether oxygens (including phenoxy) is 1. The molecule has 0 radical (unpaired) electrons. The molecule has 2 aromatic carbocycles. The molecule has 0 fully saturated rings. The van der Waals surface area contributed by atoms with E-state index < -0.39 is 17.3 Å². The van der Waals surface area contributed by atoms with Crippen molar-refractivity contribution in [3.8, 4) is 16.9 Å². The van der Waals surface area contributed by atoms with Crippen molar-refractivity contribution >= 4 is 22.5 Å². The summed E-state index contributed by atoms with van der Waals surface area (Å²) in [6.07, 6.45) is -2.35. The van der Waals surface area contributed by atoms with Crippen molar-refractivity contribution in [1.82, 2.24) is 4.98 Å². The zero-order chi connectivity index (χ0) is 22.1. The van der Waals surface area contributed by atoms with E-state index in [4.69, 9.17) is 22.1 Å². The quantitative estimate of drug-likeness (QED) is 0.466. The van der Waals surface area contributed by atoms with Gasteiger partial charge in [0.05, 0.1) is 17.7 Å². The summed E-state index contributed by atoms with van der Waals surface area (Å²) in [6.45, 7) is 5.81. The summed E-state index contributed by atoms with van der Waals surface area (Å²) in [5.41, 5.74) is 6.46. The third-order valence-electron chi connectivity index (χ3n) is 4.70. The second-order valence-corrected chi connectivity index (χ2v) is 8.77. The Labute approximate surface area is 179 Å². The normalized spacial score (nSPS) is 13.5. The van der Waals surface area contributed by atoms with Crippen LogP contribution in [0.15, 0.2) is 48.7 Å². The Bertz CT molecular complexity index is 1040. The van der Waals surface area contributed by atoms with Crippen LogP contribution in [0.2, 0.25) is 5.02 Å². The van der Waals surface area contributed by atoms with Gasteiger partial charge in [-0.1, -0.05) is 24.6 Å². The van der Waals surface area contributed by atoms with Gasteiger partial charge in [0.25, 0.3) is 0 Å². The van der Waals surface area contributed by atoms with Crippen molar-refractivity contribution in [3.05, 3.63) is 59.2 Å². The summed E-state index contributed by atoms with van der Waals surface area (Å²) in [5, 5.41) is 1.18. The first-order valence-corrected chi connectivity index (χ1v) is 9.99. The Morgan fingerprint density at radius 2 is 1.83 bits per heavy atom. The molecule has 0 spiro atoms. The lowest BCUT2D eigenvalue weighted by molar-refractivity contribution is -0.139. The van der Waals surface area contributed by atoms with Crippen LogP contribution >= 0.6 is 11.6 Å². The molecule has 30 heavy (non-hydrogen) atoms. The highest BCUT2D eigenvalue weighted by Gasteiger charge is 2.35. The third-order valence-corrected chi connectivity index (χ3v) is 4.93. The molecule has 1 unspecified atom stereocenters. The first kappa shape index (κ1) is 22.4. The fraction of sp³-hybridized carbons (Fsp3) is 0.348. The molecule has 1 aromatic heterocycles. The molecule has 2 N–H and O–H groups in total. The van der Waals surface area contributed by atoms with E-state index in [-0.39, 0.29) is 18.3 Å². The van der Waals surface area contributed by atoms with Crippen molar-refractivity contribution in [2.24, 2.45) is 11.7 Å². The molecule has 1 heterocycles. The largest absolute Gasteiger partial charge is 0.493 e. The van der Waals surface area contributed by atoms with Gasteiger partial charge in [0.15, 0.2) is 0 Å². The molecule has 0 saturated carbocycles. The summed E-state index contributed by atoms with van der Waals surface area (Å²) in [5.74, 6) is -0.179. The van der Waals surface area contributed by atoms with Gasteiger partial charge in [-0.05, 0) is 73.7 Å². The molecule has 3 rings (SSSR count). The van der Waals surface area contributed by atoms with E-state index in [1.807, 2.05) is 20.8 Å². The number of hydrogen-bond acceptors (Lipinski definition) is 3. The average Bonchev–Trinajstić information content (AvgIpc) is 2.63. The Morgan fingerprint density at radius 1 is 1.10 bits per heavy atom. The first-order valence-electron chi connectivity index (χ1n) is 9.61. The van der Waals surface area contributed by atoms with Crippen molar-refractivity contribution in [1.29, 1.82) is 0 Å². The van der Waals surface area contributed by atoms with Gasteiger partial charge in [-0.25, -0.2) is 0 Å². The predicted molar refractivity (Wildman–Crippen MR) is 115 cm³/mol. The Balaban J connectivity index is 1.97. The van der Waals surface area contributed by atoms with Gasteiger partial charge >= 0.3 is 6.18 Å². The number of nitrogens with two attached hydrogens (primary N) is 1. The van der Waals surface area contributed by atoms with Crippen LogP contribution in [0.25, 0.3) is 22.0 Å². The molecular formula is C23H24ClF3N2O. The second-order valence-electron chi connectivity index (χ2n) is 8.34. The molecule has 3 aromatic rings. The number of nitrogens with zero attached hydrogens (tertiary/aromatic N) is 1. The SMILES string of the molecule is CC(COc1ccc(-c2ccnc3ccc(Cl)cc23)cc1C(F)(F)F)CC(C)(C)N. The fourth-order valence-corrected chi connectivity index (χ4v) is 3.78. The first-order chi connectivity index (χ1) is 13.9. The number of pyridine rings is 1. The Morgan fingerprint density at radius 3 is 2.50 bits per heavy atom. The van der Waals surface area contributed by atoms with Crippen molar-refractivity contribution < 1.29 is 17.9 Å². The van der Waals surface area contributed by atoms with E-state index in [1.54, 1.807) is 36.5 Å². The molecule has 0 bridgehead atoms. The molecule has 3 nitrogen and oxygen atoms in total. The number of aromatic nitrogens is 1. The Kier molecular flexibility index (Phi) is 6.29. The number of hydrogen-bond donors (Lipinski definition) is 1. The lowest BCUT2D eigenvalue weighted by Gasteiger charge is -2.24. The summed E-state index contributed by atoms with van der Waals surface area (Å²) in [7, 11) is 0. The molecule has 0 aliphatic heterocycles. The van der Waals surface area contributed by atoms with Crippen LogP contribution in [0.1, 0.15) is 32.8 Å². The lowest BCUT2D eigenvalue weighted by atomic mass is 9.93. The van der Waals surface area contributed by atoms with E-state index in [2.05, 4.69) is 4.98 Å². The van der Waals surface area contributed by atoms with Gasteiger partial charge in [-0.2, -0.15) is 13.2 Å². The van der Waals surface area contributed by atoms with E-state index in [0.29, 0.717) is 33.5 Å². The van der Waals surface area contributed by atoms with Gasteiger partial charge in [-0.3, -0.25) is 4.98 Å². The minimum atomic E-state index is -4.55. The van der Waals surface area contributed by atoms with Gasteiger partial charge in [0.2, 0.25) is 0 Å². The van der Waals surface area contributed by atoms with Crippen LogP contribution in [0.5, 0.6) is 5.75 Å². The molecule has 160 valence electrons. The minimum Gasteiger partial charge on any atom is -0.493 e. The molecule has 1 atom stereocenters. The topological polar surface area (TPSA) is 48.1 Å². The maximum atomic E-state index is 13.8. The summed E-state index contributed by atoms with van der Waals surface area (Å²) >= 11 is 6.09. The van der Waals surface area contributed by atoms with Crippen LogP contribution in [0, 0.1) is 5.92 Å². The summed E-state index contributed by atoms with van der Waals surface area (Å²) in [6, 6.07) is 10.9. The van der Waals surface area contributed by atoms with Gasteiger partial charge in [0, 0.05) is 22.1 Å². The van der Waals surface area contributed by atoms with Crippen LogP contribution < -0.4 is 10.5 Å².